The SMILES string of the molecule is Nc1cc(OC2(F)C(F)(F)C(F)(F)C(F)(F)C(F)(Oc3ccc(O)c(N)c3)C2(F)F)ccc1O. The number of nitrogen functional groups attached to an aromatic ring is 2. The lowest BCUT2D eigenvalue weighted by Crippen LogP contribution is -2.87. The van der Waals surface area contributed by atoms with E-state index in [1.54, 1.807) is 0 Å². The molecule has 0 bridgehead atoms. The summed E-state index contributed by atoms with van der Waals surface area (Å²) in [5, 5.41) is 18.5. The average molecular weight is 510 g/mol. The lowest BCUT2D eigenvalue weighted by Gasteiger charge is -2.53. The van der Waals surface area contributed by atoms with E-state index in [4.69, 9.17) is 11.5 Å². The Balaban J connectivity index is 2.25. The number of nitrogens with two attached hydrogens (primary N) is 2. The molecule has 1 aliphatic rings. The van der Waals surface area contributed by atoms with Gasteiger partial charge in [0.2, 0.25) is 0 Å². The largest absolute Gasteiger partial charge is 0.506 e. The maximum Gasteiger partial charge on any atom is 0.397 e. The summed E-state index contributed by atoms with van der Waals surface area (Å²) in [4.78, 5) is 0. The van der Waals surface area contributed by atoms with Gasteiger partial charge in [-0.05, 0) is 24.3 Å². The fourth-order valence-electron chi connectivity index (χ4n) is 2.98. The number of ether oxygens (including phenoxy) is 2. The third kappa shape index (κ3) is 2.89. The fourth-order valence-corrected chi connectivity index (χ4v) is 2.98. The normalized spacial score (nSPS) is 28.8. The van der Waals surface area contributed by atoms with Crippen LogP contribution in [0.25, 0.3) is 0 Å². The van der Waals surface area contributed by atoms with E-state index in [2.05, 4.69) is 9.47 Å². The van der Waals surface area contributed by atoms with Gasteiger partial charge in [-0.1, -0.05) is 0 Å². The number of phenolic OH excluding ortho intramolecular Hbond substituents is 2. The highest BCUT2D eigenvalue weighted by Gasteiger charge is 3.03. The second-order valence-corrected chi connectivity index (χ2v) is 7.13. The van der Waals surface area contributed by atoms with Crippen LogP contribution in [0.15, 0.2) is 36.4 Å². The summed E-state index contributed by atoms with van der Waals surface area (Å²) in [5.74, 6) is -45.8. The van der Waals surface area contributed by atoms with Crippen LogP contribution in [0.3, 0.4) is 0 Å². The highest BCUT2D eigenvalue weighted by Crippen LogP contribution is 2.69. The van der Waals surface area contributed by atoms with Crippen molar-refractivity contribution >= 4 is 11.4 Å². The van der Waals surface area contributed by atoms with E-state index >= 15 is 8.78 Å². The van der Waals surface area contributed by atoms with Gasteiger partial charge in [0.25, 0.3) is 0 Å². The van der Waals surface area contributed by atoms with Gasteiger partial charge in [-0.2, -0.15) is 43.9 Å². The fraction of sp³-hybridized carbons (Fsp3) is 0.333. The average Bonchev–Trinajstić information content (AvgIpc) is 2.71. The number of benzene rings is 2. The Morgan fingerprint density at radius 1 is 0.529 bits per heavy atom. The topological polar surface area (TPSA) is 111 Å². The maximum atomic E-state index is 15.2. The number of alkyl halides is 10. The summed E-state index contributed by atoms with van der Waals surface area (Å²) in [6, 6.07) is 1.91. The van der Waals surface area contributed by atoms with Gasteiger partial charge in [-0.3, -0.25) is 0 Å². The quantitative estimate of drug-likeness (QED) is 0.272. The van der Waals surface area contributed by atoms with Crippen LogP contribution in [-0.4, -0.2) is 45.6 Å². The molecule has 2 atom stereocenters. The third-order valence-corrected chi connectivity index (χ3v) is 4.92. The molecular formula is C18H12F10N2O4. The minimum atomic E-state index is -7.17. The molecule has 1 fully saturated rings. The van der Waals surface area contributed by atoms with Crippen molar-refractivity contribution in [1.29, 1.82) is 0 Å². The van der Waals surface area contributed by atoms with E-state index in [0.717, 1.165) is 0 Å². The smallest absolute Gasteiger partial charge is 0.397 e. The zero-order valence-electron chi connectivity index (χ0n) is 16.1. The number of aromatic hydroxyl groups is 2. The summed E-state index contributed by atoms with van der Waals surface area (Å²) in [7, 11) is 0. The lowest BCUT2D eigenvalue weighted by molar-refractivity contribution is -0.520. The molecular weight excluding hydrogens is 498 g/mol. The van der Waals surface area contributed by atoms with E-state index in [1.165, 1.54) is 0 Å². The standard InChI is InChI=1S/C18H12F10N2O4/c19-13(20)14(21,22)17(27,33-7-1-3-11(31)9(29)5-7)16(25,26)18(28,15(13,23)24)34-8-2-4-12(32)10(30)6-8/h1-6,31-32H,29-30H2. The van der Waals surface area contributed by atoms with Crippen molar-refractivity contribution in [2.45, 2.75) is 35.4 Å². The van der Waals surface area contributed by atoms with Crippen molar-refractivity contribution in [2.24, 2.45) is 0 Å². The van der Waals surface area contributed by atoms with Gasteiger partial charge in [-0.25, -0.2) is 0 Å². The van der Waals surface area contributed by atoms with E-state index < -0.39 is 69.8 Å². The Labute approximate surface area is 182 Å². The van der Waals surface area contributed by atoms with E-state index in [-0.39, 0.29) is 24.3 Å². The van der Waals surface area contributed by atoms with Crippen LogP contribution < -0.4 is 20.9 Å². The lowest BCUT2D eigenvalue weighted by atomic mass is 9.77. The van der Waals surface area contributed by atoms with Crippen LogP contribution in [0.4, 0.5) is 55.3 Å². The van der Waals surface area contributed by atoms with Crippen LogP contribution >= 0.6 is 0 Å². The first kappa shape index (κ1) is 25.2. The monoisotopic (exact) mass is 510 g/mol. The number of anilines is 2. The number of phenols is 2. The molecule has 2 aromatic carbocycles. The molecule has 16 heteroatoms. The van der Waals surface area contributed by atoms with E-state index in [1.807, 2.05) is 0 Å². The molecule has 0 heterocycles. The summed E-state index contributed by atoms with van der Waals surface area (Å²) in [6.07, 6.45) is 0. The van der Waals surface area contributed by atoms with Gasteiger partial charge >= 0.3 is 35.4 Å². The van der Waals surface area contributed by atoms with Crippen LogP contribution in [0.5, 0.6) is 23.0 Å². The van der Waals surface area contributed by atoms with Crippen molar-refractivity contribution in [1.82, 2.24) is 0 Å². The van der Waals surface area contributed by atoms with E-state index in [0.29, 0.717) is 12.1 Å². The Kier molecular flexibility index (Phi) is 5.20. The minimum absolute atomic E-state index is 0.204. The number of rotatable bonds is 4. The molecule has 0 saturated heterocycles. The highest BCUT2D eigenvalue weighted by atomic mass is 19.4. The Morgan fingerprint density at radius 3 is 1.15 bits per heavy atom. The third-order valence-electron chi connectivity index (χ3n) is 4.92. The van der Waals surface area contributed by atoms with Crippen molar-refractivity contribution in [2.75, 3.05) is 11.5 Å². The zero-order valence-corrected chi connectivity index (χ0v) is 16.1. The molecule has 2 unspecified atom stereocenters. The molecule has 1 aliphatic carbocycles. The van der Waals surface area contributed by atoms with Crippen molar-refractivity contribution in [3.63, 3.8) is 0 Å². The highest BCUT2D eigenvalue weighted by molar-refractivity contribution is 5.56. The van der Waals surface area contributed by atoms with Gasteiger partial charge in [0.15, 0.2) is 0 Å². The first-order chi connectivity index (χ1) is 15.3. The number of halogens is 10. The molecule has 2 aromatic rings. The molecule has 0 spiro atoms. The maximum absolute atomic E-state index is 15.2. The van der Waals surface area contributed by atoms with Gasteiger partial charge in [0.1, 0.15) is 23.0 Å². The Bertz CT molecular complexity index is 1050. The molecule has 0 radical (unpaired) electrons. The van der Waals surface area contributed by atoms with Crippen LogP contribution in [-0.2, 0) is 0 Å². The second-order valence-electron chi connectivity index (χ2n) is 7.13. The Hall–Kier alpha value is -3.46. The zero-order chi connectivity index (χ0) is 26.1. The van der Waals surface area contributed by atoms with Gasteiger partial charge in [0, 0.05) is 12.1 Å². The summed E-state index contributed by atoms with van der Waals surface area (Å²) < 4.78 is 153. The second kappa shape index (κ2) is 7.02. The van der Waals surface area contributed by atoms with Crippen molar-refractivity contribution < 1.29 is 63.6 Å². The molecule has 3 rings (SSSR count). The molecule has 6 N–H and O–H groups in total. The van der Waals surface area contributed by atoms with Crippen LogP contribution in [0, 0.1) is 0 Å². The molecule has 34 heavy (non-hydrogen) atoms. The van der Waals surface area contributed by atoms with Crippen LogP contribution in [0.2, 0.25) is 0 Å². The van der Waals surface area contributed by atoms with E-state index in [9.17, 15) is 45.3 Å². The molecule has 6 nitrogen and oxygen atoms in total. The molecule has 0 amide bonds. The minimum Gasteiger partial charge on any atom is -0.506 e. The van der Waals surface area contributed by atoms with Gasteiger partial charge < -0.3 is 31.2 Å². The summed E-state index contributed by atoms with van der Waals surface area (Å²) >= 11 is 0. The molecule has 0 aliphatic heterocycles. The predicted molar refractivity (Wildman–Crippen MR) is 93.8 cm³/mol. The first-order valence-electron chi connectivity index (χ1n) is 8.71. The number of hydrogen-bond donors (Lipinski definition) is 4. The predicted octanol–water partition coefficient (Wildman–Crippen LogP) is 4.61. The summed E-state index contributed by atoms with van der Waals surface area (Å²) in [6.45, 7) is 0. The molecule has 188 valence electrons. The van der Waals surface area contributed by atoms with Gasteiger partial charge in [-0.15, -0.1) is 0 Å². The van der Waals surface area contributed by atoms with Crippen molar-refractivity contribution in [3.8, 4) is 23.0 Å². The van der Waals surface area contributed by atoms with Crippen molar-refractivity contribution in [3.05, 3.63) is 36.4 Å². The Morgan fingerprint density at radius 2 is 0.853 bits per heavy atom. The van der Waals surface area contributed by atoms with Gasteiger partial charge in [0.05, 0.1) is 11.4 Å². The molecule has 1 saturated carbocycles. The first-order valence-corrected chi connectivity index (χ1v) is 8.71. The summed E-state index contributed by atoms with van der Waals surface area (Å²) in [5.41, 5.74) is 8.68. The van der Waals surface area contributed by atoms with Crippen LogP contribution in [0.1, 0.15) is 0 Å². The molecule has 0 aromatic heterocycles. The number of hydrogen-bond acceptors (Lipinski definition) is 6.